The molecule has 0 fully saturated rings. The van der Waals surface area contributed by atoms with Gasteiger partial charge in [-0.3, -0.25) is 0 Å². The van der Waals surface area contributed by atoms with Crippen LogP contribution in [0.4, 0.5) is 0 Å². The maximum Gasteiger partial charge on any atom is 0.160 e. The summed E-state index contributed by atoms with van der Waals surface area (Å²) < 4.78 is 12.2. The predicted molar refractivity (Wildman–Crippen MR) is 217 cm³/mol. The van der Waals surface area contributed by atoms with E-state index in [0.717, 1.165) is 44.3 Å². The second kappa shape index (κ2) is 9.80. The van der Waals surface area contributed by atoms with Crippen LogP contribution >= 0.6 is 0 Å². The Kier molecular flexibility index (Phi) is 5.31. The molecular formula is C49H32N2O. The van der Waals surface area contributed by atoms with E-state index in [1.807, 2.05) is 0 Å². The highest BCUT2D eigenvalue weighted by Gasteiger charge is 2.35. The molecular weight excluding hydrogens is 633 g/mol. The molecule has 0 bridgehead atoms. The lowest BCUT2D eigenvalue weighted by molar-refractivity contribution is 0.660. The van der Waals surface area contributed by atoms with Crippen LogP contribution in [0, 0.1) is 0 Å². The molecule has 0 spiro atoms. The standard InChI is InChI=1S/C49H32N2O/c1-49(2)40-18-8-5-15-32(40)33-23-22-30(28-41(33)49)50-43-19-9-6-16-34(43)36-24-26-38-39-27-25-37-35-17-7-10-20-44(35)51(46(37)48(39)52-47(38)45(36)50)42-21-11-13-29-12-3-4-14-31(29)42/h3-28H,1-2H3. The summed E-state index contributed by atoms with van der Waals surface area (Å²) in [5, 5.41) is 9.49. The summed E-state index contributed by atoms with van der Waals surface area (Å²) in [7, 11) is 0. The molecule has 8 aromatic carbocycles. The highest BCUT2D eigenvalue weighted by atomic mass is 16.3. The fourth-order valence-corrected chi connectivity index (χ4v) is 9.54. The third kappa shape index (κ3) is 3.45. The first-order valence-corrected chi connectivity index (χ1v) is 18.1. The van der Waals surface area contributed by atoms with E-state index in [1.54, 1.807) is 0 Å². The van der Waals surface area contributed by atoms with E-state index in [2.05, 4.69) is 181 Å². The van der Waals surface area contributed by atoms with Gasteiger partial charge in [-0.1, -0.05) is 129 Å². The van der Waals surface area contributed by atoms with Gasteiger partial charge in [-0.2, -0.15) is 0 Å². The van der Waals surface area contributed by atoms with E-state index in [-0.39, 0.29) is 5.41 Å². The van der Waals surface area contributed by atoms with Crippen molar-refractivity contribution in [2.24, 2.45) is 0 Å². The molecule has 3 heterocycles. The molecule has 244 valence electrons. The van der Waals surface area contributed by atoms with Crippen LogP contribution in [-0.4, -0.2) is 9.13 Å². The summed E-state index contributed by atoms with van der Waals surface area (Å²) in [5.74, 6) is 0. The predicted octanol–water partition coefficient (Wildman–Crippen LogP) is 13.2. The first-order chi connectivity index (χ1) is 25.6. The van der Waals surface area contributed by atoms with E-state index in [0.29, 0.717) is 0 Å². The van der Waals surface area contributed by atoms with Crippen molar-refractivity contribution in [3.63, 3.8) is 0 Å². The molecule has 0 aliphatic heterocycles. The maximum absolute atomic E-state index is 7.32. The van der Waals surface area contributed by atoms with Gasteiger partial charge >= 0.3 is 0 Å². The normalized spacial score (nSPS) is 13.7. The minimum absolute atomic E-state index is 0.101. The average molecular weight is 665 g/mol. The van der Waals surface area contributed by atoms with Crippen molar-refractivity contribution in [3.05, 3.63) is 169 Å². The van der Waals surface area contributed by atoms with E-state index in [9.17, 15) is 0 Å². The Morgan fingerprint density at radius 3 is 1.73 bits per heavy atom. The molecule has 0 N–H and O–H groups in total. The molecule has 0 saturated heterocycles. The summed E-state index contributed by atoms with van der Waals surface area (Å²) in [6, 6.07) is 57.8. The van der Waals surface area contributed by atoms with Crippen molar-refractivity contribution >= 4 is 76.3 Å². The zero-order chi connectivity index (χ0) is 34.3. The molecule has 1 aliphatic carbocycles. The highest BCUT2D eigenvalue weighted by Crippen LogP contribution is 2.50. The van der Waals surface area contributed by atoms with Crippen LogP contribution in [0.15, 0.2) is 162 Å². The van der Waals surface area contributed by atoms with Gasteiger partial charge in [0.2, 0.25) is 0 Å². The Labute approximate surface area is 299 Å². The summed E-state index contributed by atoms with van der Waals surface area (Å²) in [5.41, 5.74) is 14.0. The Morgan fingerprint density at radius 1 is 0.423 bits per heavy atom. The summed E-state index contributed by atoms with van der Waals surface area (Å²) >= 11 is 0. The van der Waals surface area contributed by atoms with Crippen LogP contribution in [0.3, 0.4) is 0 Å². The van der Waals surface area contributed by atoms with Gasteiger partial charge < -0.3 is 13.6 Å². The van der Waals surface area contributed by atoms with Crippen LogP contribution in [0.5, 0.6) is 0 Å². The average Bonchev–Trinajstić information content (AvgIpc) is 3.90. The maximum atomic E-state index is 7.32. The van der Waals surface area contributed by atoms with Gasteiger partial charge in [0.1, 0.15) is 0 Å². The molecule has 0 radical (unpaired) electrons. The molecule has 0 amide bonds. The fraction of sp³-hybridized carbons (Fsp3) is 0.0612. The van der Waals surface area contributed by atoms with E-state index >= 15 is 0 Å². The lowest BCUT2D eigenvalue weighted by Gasteiger charge is -2.22. The van der Waals surface area contributed by atoms with Crippen LogP contribution in [0.1, 0.15) is 25.0 Å². The van der Waals surface area contributed by atoms with Crippen LogP contribution in [0.2, 0.25) is 0 Å². The van der Waals surface area contributed by atoms with Gasteiger partial charge in [-0.15, -0.1) is 0 Å². The van der Waals surface area contributed by atoms with Crippen molar-refractivity contribution in [3.8, 4) is 22.5 Å². The van der Waals surface area contributed by atoms with Crippen molar-refractivity contribution in [2.75, 3.05) is 0 Å². The first-order valence-electron chi connectivity index (χ1n) is 18.1. The Morgan fingerprint density at radius 2 is 0.981 bits per heavy atom. The van der Waals surface area contributed by atoms with Crippen molar-refractivity contribution in [1.82, 2.24) is 9.13 Å². The van der Waals surface area contributed by atoms with Gasteiger partial charge in [0.25, 0.3) is 0 Å². The third-order valence-corrected chi connectivity index (χ3v) is 11.9. The van der Waals surface area contributed by atoms with Gasteiger partial charge in [0, 0.05) is 48.8 Å². The van der Waals surface area contributed by atoms with Gasteiger partial charge in [0.15, 0.2) is 11.2 Å². The number of benzene rings is 8. The first kappa shape index (κ1) is 28.2. The lowest BCUT2D eigenvalue weighted by atomic mass is 9.82. The number of fused-ring (bicyclic) bond motifs is 15. The van der Waals surface area contributed by atoms with Crippen molar-refractivity contribution in [2.45, 2.75) is 19.3 Å². The molecule has 0 saturated carbocycles. The zero-order valence-corrected chi connectivity index (χ0v) is 28.8. The van der Waals surface area contributed by atoms with Crippen LogP contribution in [-0.2, 0) is 5.41 Å². The molecule has 12 rings (SSSR count). The minimum Gasteiger partial charge on any atom is -0.452 e. The number of aromatic nitrogens is 2. The fourth-order valence-electron chi connectivity index (χ4n) is 9.54. The number of furan rings is 1. The third-order valence-electron chi connectivity index (χ3n) is 11.9. The van der Waals surface area contributed by atoms with Crippen molar-refractivity contribution < 1.29 is 4.42 Å². The smallest absolute Gasteiger partial charge is 0.160 e. The summed E-state index contributed by atoms with van der Waals surface area (Å²) in [6.45, 7) is 4.70. The Hall–Kier alpha value is -6.58. The largest absolute Gasteiger partial charge is 0.452 e. The van der Waals surface area contributed by atoms with Crippen LogP contribution < -0.4 is 0 Å². The molecule has 0 atom stereocenters. The number of hydrogen-bond acceptors (Lipinski definition) is 1. The minimum atomic E-state index is -0.101. The lowest BCUT2D eigenvalue weighted by Crippen LogP contribution is -2.15. The number of para-hydroxylation sites is 2. The van der Waals surface area contributed by atoms with E-state index in [1.165, 1.54) is 65.6 Å². The molecule has 1 aliphatic rings. The van der Waals surface area contributed by atoms with E-state index in [4.69, 9.17) is 4.42 Å². The molecule has 52 heavy (non-hydrogen) atoms. The van der Waals surface area contributed by atoms with E-state index < -0.39 is 0 Å². The molecule has 0 unspecified atom stereocenters. The number of nitrogens with zero attached hydrogens (tertiary/aromatic N) is 2. The molecule has 3 aromatic heterocycles. The topological polar surface area (TPSA) is 23.0 Å². The second-order valence-electron chi connectivity index (χ2n) is 14.9. The SMILES string of the molecule is CC1(C)c2ccccc2-c2ccc(-n3c4ccccc4c4ccc5c6ccc7c8ccccc8n(-c8cccc9ccccc89)c7c6oc5c43)cc21. The molecule has 3 heteroatoms. The quantitative estimate of drug-likeness (QED) is 0.180. The number of rotatable bonds is 2. The molecule has 3 nitrogen and oxygen atoms in total. The van der Waals surface area contributed by atoms with Gasteiger partial charge in [0.05, 0.1) is 27.8 Å². The summed E-state index contributed by atoms with van der Waals surface area (Å²) in [4.78, 5) is 0. The van der Waals surface area contributed by atoms with Gasteiger partial charge in [-0.05, 0) is 70.1 Å². The van der Waals surface area contributed by atoms with Gasteiger partial charge in [-0.25, -0.2) is 0 Å². The Balaban J connectivity index is 1.21. The second-order valence-corrected chi connectivity index (χ2v) is 14.9. The Bertz CT molecular complexity index is 3330. The van der Waals surface area contributed by atoms with Crippen LogP contribution in [0.25, 0.3) is 98.8 Å². The number of hydrogen-bond donors (Lipinski definition) is 0. The van der Waals surface area contributed by atoms with Crippen molar-refractivity contribution in [1.29, 1.82) is 0 Å². The zero-order valence-electron chi connectivity index (χ0n) is 28.8. The summed E-state index contributed by atoms with van der Waals surface area (Å²) in [6.07, 6.45) is 0. The molecule has 11 aromatic rings. The monoisotopic (exact) mass is 664 g/mol. The highest BCUT2D eigenvalue weighted by molar-refractivity contribution is 6.26.